The van der Waals surface area contributed by atoms with Crippen molar-refractivity contribution < 1.29 is 0 Å². The van der Waals surface area contributed by atoms with Gasteiger partial charge in [-0.3, -0.25) is 0 Å². The van der Waals surface area contributed by atoms with Crippen LogP contribution in [0, 0.1) is 0 Å². The maximum absolute atomic E-state index is 2.44. The van der Waals surface area contributed by atoms with Gasteiger partial charge < -0.3 is 4.90 Å². The lowest BCUT2D eigenvalue weighted by Crippen LogP contribution is -2.31. The molecule has 1 heteroatoms. The van der Waals surface area contributed by atoms with E-state index in [1.165, 1.54) is 27.8 Å². The molecule has 1 nitrogen and oxygen atoms in total. The van der Waals surface area contributed by atoms with Gasteiger partial charge in [-0.2, -0.15) is 0 Å². The van der Waals surface area contributed by atoms with Crippen molar-refractivity contribution in [2.75, 3.05) is 13.6 Å². The van der Waals surface area contributed by atoms with E-state index in [9.17, 15) is 0 Å². The Balaban J connectivity index is 1.70. The van der Waals surface area contributed by atoms with Crippen LogP contribution in [0.4, 0.5) is 0 Å². The highest BCUT2D eigenvalue weighted by atomic mass is 15.1. The number of benzene rings is 3. The molecule has 0 N–H and O–H groups in total. The van der Waals surface area contributed by atoms with Crippen molar-refractivity contribution in [3.05, 3.63) is 107 Å². The Morgan fingerprint density at radius 2 is 1.54 bits per heavy atom. The first-order chi connectivity index (χ1) is 11.8. The van der Waals surface area contributed by atoms with Crippen molar-refractivity contribution in [2.45, 2.75) is 18.9 Å². The van der Waals surface area contributed by atoms with Gasteiger partial charge in [-0.05, 0) is 41.3 Å². The van der Waals surface area contributed by atoms with Crippen LogP contribution in [0.3, 0.4) is 0 Å². The minimum absolute atomic E-state index is 0.468. The van der Waals surface area contributed by atoms with E-state index in [2.05, 4.69) is 90.8 Å². The minimum Gasteiger partial charge on any atom is -0.301 e. The fraction of sp³-hybridized carbons (Fsp3) is 0.217. The third-order valence-electron chi connectivity index (χ3n) is 4.97. The van der Waals surface area contributed by atoms with Gasteiger partial charge in [0.1, 0.15) is 0 Å². The molecule has 0 fully saturated rings. The quantitative estimate of drug-likeness (QED) is 0.668. The van der Waals surface area contributed by atoms with Crippen molar-refractivity contribution in [1.82, 2.24) is 4.90 Å². The van der Waals surface area contributed by atoms with Gasteiger partial charge in [0.2, 0.25) is 0 Å². The van der Waals surface area contributed by atoms with Crippen molar-refractivity contribution in [1.29, 1.82) is 0 Å². The largest absolute Gasteiger partial charge is 0.301 e. The van der Waals surface area contributed by atoms with E-state index >= 15 is 0 Å². The first kappa shape index (κ1) is 15.2. The molecule has 120 valence electrons. The molecule has 0 aromatic heterocycles. The summed E-state index contributed by atoms with van der Waals surface area (Å²) < 4.78 is 0. The van der Waals surface area contributed by atoms with Crippen LogP contribution in [0.2, 0.25) is 0 Å². The molecule has 3 aromatic rings. The first-order valence-corrected chi connectivity index (χ1v) is 8.69. The predicted molar refractivity (Wildman–Crippen MR) is 100 cm³/mol. The van der Waals surface area contributed by atoms with Crippen LogP contribution in [0.1, 0.15) is 33.7 Å². The van der Waals surface area contributed by atoms with Gasteiger partial charge in [0.25, 0.3) is 0 Å². The second-order valence-electron chi connectivity index (χ2n) is 6.86. The zero-order valence-electron chi connectivity index (χ0n) is 14.2. The Morgan fingerprint density at radius 1 is 0.833 bits per heavy atom. The summed E-state index contributed by atoms with van der Waals surface area (Å²) >= 11 is 0. The second-order valence-corrected chi connectivity index (χ2v) is 6.86. The Hall–Kier alpha value is -2.38. The van der Waals surface area contributed by atoms with E-state index in [0.717, 1.165) is 19.5 Å². The molecule has 3 aromatic carbocycles. The van der Waals surface area contributed by atoms with Crippen LogP contribution in [0.25, 0.3) is 0 Å². The van der Waals surface area contributed by atoms with Crippen molar-refractivity contribution in [3.8, 4) is 0 Å². The molecule has 0 saturated heterocycles. The number of nitrogens with zero attached hydrogens (tertiary/aromatic N) is 1. The molecule has 1 heterocycles. The summed E-state index contributed by atoms with van der Waals surface area (Å²) in [6.07, 6.45) is 1.01. The Morgan fingerprint density at radius 3 is 2.29 bits per heavy atom. The van der Waals surface area contributed by atoms with Gasteiger partial charge in [0, 0.05) is 19.0 Å². The number of rotatable bonds is 3. The highest BCUT2D eigenvalue weighted by Crippen LogP contribution is 2.33. The van der Waals surface area contributed by atoms with Gasteiger partial charge in [-0.25, -0.2) is 0 Å². The third kappa shape index (κ3) is 3.13. The van der Waals surface area contributed by atoms with E-state index in [0.29, 0.717) is 5.92 Å². The monoisotopic (exact) mass is 313 g/mol. The van der Waals surface area contributed by atoms with Crippen molar-refractivity contribution in [2.24, 2.45) is 0 Å². The van der Waals surface area contributed by atoms with Gasteiger partial charge in [-0.15, -0.1) is 0 Å². The van der Waals surface area contributed by atoms with Gasteiger partial charge in [0.15, 0.2) is 0 Å². The lowest BCUT2D eigenvalue weighted by Gasteiger charge is -2.33. The molecule has 1 atom stereocenters. The van der Waals surface area contributed by atoms with Gasteiger partial charge >= 0.3 is 0 Å². The van der Waals surface area contributed by atoms with Crippen LogP contribution in [-0.4, -0.2) is 18.5 Å². The maximum Gasteiger partial charge on any atom is 0.0234 e. The maximum atomic E-state index is 2.44. The van der Waals surface area contributed by atoms with E-state index < -0.39 is 0 Å². The molecule has 0 saturated carbocycles. The average Bonchev–Trinajstić information content (AvgIpc) is 2.63. The van der Waals surface area contributed by atoms with Crippen LogP contribution in [0.15, 0.2) is 78.9 Å². The molecule has 0 amide bonds. The molecule has 0 radical (unpaired) electrons. The lowest BCUT2D eigenvalue weighted by molar-refractivity contribution is 0.295. The zero-order valence-corrected chi connectivity index (χ0v) is 14.2. The van der Waals surface area contributed by atoms with Crippen LogP contribution >= 0.6 is 0 Å². The van der Waals surface area contributed by atoms with E-state index in [1.54, 1.807) is 0 Å². The first-order valence-electron chi connectivity index (χ1n) is 8.69. The predicted octanol–water partition coefficient (Wildman–Crippen LogP) is 4.85. The average molecular weight is 313 g/mol. The number of fused-ring (bicyclic) bond motifs is 1. The topological polar surface area (TPSA) is 3.24 Å². The van der Waals surface area contributed by atoms with Crippen LogP contribution < -0.4 is 0 Å². The van der Waals surface area contributed by atoms with Crippen LogP contribution in [0.5, 0.6) is 0 Å². The number of hydrogen-bond donors (Lipinski definition) is 0. The van der Waals surface area contributed by atoms with Crippen LogP contribution in [-0.2, 0) is 13.0 Å². The molecule has 0 bridgehead atoms. The van der Waals surface area contributed by atoms with E-state index in [4.69, 9.17) is 0 Å². The molecular formula is C23H23N. The van der Waals surface area contributed by atoms with E-state index in [-0.39, 0.29) is 0 Å². The minimum atomic E-state index is 0.468. The molecular weight excluding hydrogens is 290 g/mol. The Bertz CT molecular complexity index is 808. The second kappa shape index (κ2) is 6.62. The molecule has 1 unspecified atom stereocenters. The zero-order chi connectivity index (χ0) is 16.4. The third-order valence-corrected chi connectivity index (χ3v) is 4.97. The van der Waals surface area contributed by atoms with Gasteiger partial charge in [-0.1, -0.05) is 78.9 Å². The molecule has 4 rings (SSSR count). The summed E-state index contributed by atoms with van der Waals surface area (Å²) in [5.74, 6) is 0.468. The summed E-state index contributed by atoms with van der Waals surface area (Å²) in [6, 6.07) is 28.7. The number of hydrogen-bond acceptors (Lipinski definition) is 1. The normalized spacial score (nSPS) is 17.5. The standard InChI is InChI=1S/C23H23N/c1-24-16-21-13-12-19(14-18-8-4-2-5-9-18)15-22(21)23(17-24)20-10-6-3-7-11-20/h2-13,15,23H,14,16-17H2,1H3. The summed E-state index contributed by atoms with van der Waals surface area (Å²) in [5.41, 5.74) is 7.18. The fourth-order valence-corrected chi connectivity index (χ4v) is 3.79. The van der Waals surface area contributed by atoms with Gasteiger partial charge in [0.05, 0.1) is 0 Å². The molecule has 0 aliphatic carbocycles. The summed E-state index contributed by atoms with van der Waals surface area (Å²) in [4.78, 5) is 2.43. The smallest absolute Gasteiger partial charge is 0.0234 e. The summed E-state index contributed by atoms with van der Waals surface area (Å²) in [6.45, 7) is 2.14. The highest BCUT2D eigenvalue weighted by molar-refractivity contribution is 5.43. The SMILES string of the molecule is CN1Cc2ccc(Cc3ccccc3)cc2C(c2ccccc2)C1. The molecule has 1 aliphatic heterocycles. The summed E-state index contributed by atoms with van der Waals surface area (Å²) in [5, 5.41) is 0. The number of likely N-dealkylation sites (N-methyl/N-ethyl adjacent to an activating group) is 1. The molecule has 0 spiro atoms. The van der Waals surface area contributed by atoms with Crippen molar-refractivity contribution in [3.63, 3.8) is 0 Å². The molecule has 24 heavy (non-hydrogen) atoms. The summed E-state index contributed by atoms with van der Waals surface area (Å²) in [7, 11) is 2.22. The fourth-order valence-electron chi connectivity index (χ4n) is 3.79. The highest BCUT2D eigenvalue weighted by Gasteiger charge is 2.24. The molecule has 1 aliphatic rings. The Labute approximate surface area is 144 Å². The Kier molecular flexibility index (Phi) is 4.18. The van der Waals surface area contributed by atoms with Crippen molar-refractivity contribution >= 4 is 0 Å². The lowest BCUT2D eigenvalue weighted by atomic mass is 9.83. The van der Waals surface area contributed by atoms with E-state index in [1.807, 2.05) is 0 Å².